The number of carbonyl (C=O) groups excluding carboxylic acids is 1. The summed E-state index contributed by atoms with van der Waals surface area (Å²) in [6.07, 6.45) is 1.75. The molecule has 3 unspecified atom stereocenters. The monoisotopic (exact) mass is 363 g/mol. The number of nitrogen functional groups attached to an aromatic ring is 1. The average molecular weight is 363 g/mol. The van der Waals surface area contributed by atoms with Crippen molar-refractivity contribution < 1.29 is 19.7 Å². The van der Waals surface area contributed by atoms with Gasteiger partial charge in [0.05, 0.1) is 25.0 Å². The molecule has 2 aromatic heterocycles. The molecule has 2 fully saturated rings. The summed E-state index contributed by atoms with van der Waals surface area (Å²) < 4.78 is 7.26. The summed E-state index contributed by atoms with van der Waals surface area (Å²) in [5.41, 5.74) is 12.5. The third-order valence-corrected chi connectivity index (χ3v) is 4.96. The Morgan fingerprint density at radius 3 is 2.88 bits per heavy atom. The molecular weight excluding hydrogens is 342 g/mol. The Hall–Kier alpha value is -2.34. The van der Waals surface area contributed by atoms with Crippen molar-refractivity contribution in [2.75, 3.05) is 12.3 Å². The van der Waals surface area contributed by atoms with Crippen molar-refractivity contribution in [1.29, 1.82) is 0 Å². The highest BCUT2D eigenvalue weighted by atomic mass is 16.5. The molecule has 1 amide bonds. The van der Waals surface area contributed by atoms with E-state index in [9.17, 15) is 15.0 Å². The minimum absolute atomic E-state index is 0.176. The summed E-state index contributed by atoms with van der Waals surface area (Å²) in [7, 11) is 0. The van der Waals surface area contributed by atoms with Gasteiger partial charge in [-0.2, -0.15) is 0 Å². The lowest BCUT2D eigenvalue weighted by Crippen LogP contribution is -2.53. The Morgan fingerprint density at radius 1 is 1.42 bits per heavy atom. The first-order chi connectivity index (χ1) is 12.5. The number of nitrogens with two attached hydrogens (primary N) is 2. The number of aliphatic hydroxyl groups is 2. The number of imidazole rings is 1. The Balaban J connectivity index is 1.58. The Labute approximate surface area is 148 Å². The van der Waals surface area contributed by atoms with Gasteiger partial charge in [-0.15, -0.1) is 0 Å². The maximum atomic E-state index is 12.3. The molecule has 4 rings (SSSR count). The van der Waals surface area contributed by atoms with Crippen molar-refractivity contribution in [3.63, 3.8) is 0 Å². The van der Waals surface area contributed by atoms with Gasteiger partial charge in [0.25, 0.3) is 0 Å². The minimum atomic E-state index is -1.13. The van der Waals surface area contributed by atoms with Crippen LogP contribution in [0.4, 0.5) is 5.82 Å². The smallest absolute Gasteiger partial charge is 0.237 e. The molecule has 7 N–H and O–H groups in total. The summed E-state index contributed by atoms with van der Waals surface area (Å²) in [5, 5.41) is 23.0. The molecule has 11 nitrogen and oxygen atoms in total. The molecule has 0 spiro atoms. The van der Waals surface area contributed by atoms with Crippen LogP contribution in [0.15, 0.2) is 12.7 Å². The number of amides is 1. The fourth-order valence-electron chi connectivity index (χ4n) is 3.29. The van der Waals surface area contributed by atoms with Gasteiger partial charge in [0.15, 0.2) is 17.7 Å². The topological polar surface area (TPSA) is 174 Å². The molecule has 1 aliphatic carbocycles. The first-order valence-corrected chi connectivity index (χ1v) is 8.44. The van der Waals surface area contributed by atoms with Crippen molar-refractivity contribution in [3.05, 3.63) is 12.7 Å². The molecule has 140 valence electrons. The van der Waals surface area contributed by atoms with Crippen LogP contribution in [0.2, 0.25) is 0 Å². The van der Waals surface area contributed by atoms with Gasteiger partial charge < -0.3 is 31.7 Å². The molecule has 0 radical (unpaired) electrons. The quantitative estimate of drug-likeness (QED) is 0.398. The highest BCUT2D eigenvalue weighted by Crippen LogP contribution is 2.34. The number of nitrogens with zero attached hydrogens (tertiary/aromatic N) is 4. The maximum absolute atomic E-state index is 12.3. The number of aromatic nitrogens is 4. The lowest BCUT2D eigenvalue weighted by molar-refractivity contribution is -0.124. The van der Waals surface area contributed by atoms with Gasteiger partial charge in [-0.05, 0) is 18.8 Å². The number of hydrogen-bond acceptors (Lipinski definition) is 9. The van der Waals surface area contributed by atoms with E-state index in [4.69, 9.17) is 16.2 Å². The Morgan fingerprint density at radius 2 is 2.19 bits per heavy atom. The second kappa shape index (κ2) is 6.43. The third-order valence-electron chi connectivity index (χ3n) is 4.96. The zero-order chi connectivity index (χ0) is 18.4. The lowest BCUT2D eigenvalue weighted by Gasteiger charge is -2.22. The van der Waals surface area contributed by atoms with Crippen LogP contribution in [0.25, 0.3) is 11.2 Å². The molecule has 1 aliphatic heterocycles. The summed E-state index contributed by atoms with van der Waals surface area (Å²) in [6, 6.07) is -1.43. The minimum Gasteiger partial charge on any atom is -0.394 e. The number of ether oxygens (including phenoxy) is 1. The number of anilines is 1. The van der Waals surface area contributed by atoms with Crippen LogP contribution < -0.4 is 16.8 Å². The molecule has 1 saturated heterocycles. The Kier molecular flexibility index (Phi) is 4.23. The molecule has 2 aromatic rings. The van der Waals surface area contributed by atoms with Gasteiger partial charge in [0.1, 0.15) is 24.1 Å². The number of carbonyl (C=O) groups is 1. The van der Waals surface area contributed by atoms with Gasteiger partial charge in [-0.1, -0.05) is 0 Å². The molecule has 0 bridgehead atoms. The van der Waals surface area contributed by atoms with E-state index in [1.807, 2.05) is 0 Å². The van der Waals surface area contributed by atoms with E-state index in [-0.39, 0.29) is 24.2 Å². The van der Waals surface area contributed by atoms with Crippen molar-refractivity contribution in [3.8, 4) is 0 Å². The Bertz CT molecular complexity index is 823. The van der Waals surface area contributed by atoms with Crippen LogP contribution in [0.3, 0.4) is 0 Å². The zero-order valence-corrected chi connectivity index (χ0v) is 13.9. The van der Waals surface area contributed by atoms with Crippen LogP contribution >= 0.6 is 0 Å². The van der Waals surface area contributed by atoms with E-state index in [0.717, 1.165) is 12.8 Å². The van der Waals surface area contributed by atoms with Crippen LogP contribution in [-0.4, -0.2) is 66.5 Å². The summed E-state index contributed by atoms with van der Waals surface area (Å²) in [6.45, 7) is -0.374. The predicted molar refractivity (Wildman–Crippen MR) is 89.4 cm³/mol. The second-order valence-corrected chi connectivity index (χ2v) is 6.72. The summed E-state index contributed by atoms with van der Waals surface area (Å²) in [5.74, 6) is 0.0246. The fraction of sp³-hybridized carbons (Fsp3) is 0.600. The molecule has 5 atom stereocenters. The van der Waals surface area contributed by atoms with Crippen LogP contribution in [0.5, 0.6) is 0 Å². The zero-order valence-electron chi connectivity index (χ0n) is 13.9. The van der Waals surface area contributed by atoms with E-state index < -0.39 is 30.5 Å². The number of hydrogen-bond donors (Lipinski definition) is 5. The van der Waals surface area contributed by atoms with Gasteiger partial charge in [0, 0.05) is 0 Å². The summed E-state index contributed by atoms with van der Waals surface area (Å²) >= 11 is 0. The van der Waals surface area contributed by atoms with E-state index in [1.165, 1.54) is 17.2 Å². The molecule has 0 aromatic carbocycles. The highest BCUT2D eigenvalue weighted by Gasteiger charge is 2.46. The van der Waals surface area contributed by atoms with E-state index in [2.05, 4.69) is 20.3 Å². The van der Waals surface area contributed by atoms with Gasteiger partial charge in [-0.25, -0.2) is 15.0 Å². The normalized spacial score (nSPS) is 29.8. The first kappa shape index (κ1) is 17.1. The molecule has 2 aliphatic rings. The van der Waals surface area contributed by atoms with Crippen LogP contribution in [-0.2, 0) is 9.53 Å². The van der Waals surface area contributed by atoms with E-state index in [0.29, 0.717) is 11.2 Å². The van der Waals surface area contributed by atoms with Gasteiger partial charge in [-0.3, -0.25) is 9.36 Å². The van der Waals surface area contributed by atoms with Crippen molar-refractivity contribution in [1.82, 2.24) is 24.8 Å². The molecule has 11 heteroatoms. The lowest BCUT2D eigenvalue weighted by atomic mass is 10.1. The van der Waals surface area contributed by atoms with E-state index >= 15 is 0 Å². The summed E-state index contributed by atoms with van der Waals surface area (Å²) in [4.78, 5) is 24.4. The van der Waals surface area contributed by atoms with Crippen molar-refractivity contribution >= 4 is 22.9 Å². The fourth-order valence-corrected chi connectivity index (χ4v) is 3.29. The van der Waals surface area contributed by atoms with Crippen molar-refractivity contribution in [2.45, 2.75) is 43.4 Å². The van der Waals surface area contributed by atoms with Crippen LogP contribution in [0, 0.1) is 5.92 Å². The molecule has 3 heterocycles. The number of aliphatic hydroxyl groups excluding tert-OH is 2. The van der Waals surface area contributed by atoms with E-state index in [1.54, 1.807) is 0 Å². The first-order valence-electron chi connectivity index (χ1n) is 8.44. The predicted octanol–water partition coefficient (Wildman–Crippen LogP) is -2.12. The highest BCUT2D eigenvalue weighted by molar-refractivity contribution is 5.83. The molecule has 26 heavy (non-hydrogen) atoms. The molecule has 1 saturated carbocycles. The average Bonchev–Trinajstić information content (AvgIpc) is 3.32. The van der Waals surface area contributed by atoms with Gasteiger partial charge in [0.2, 0.25) is 5.91 Å². The second-order valence-electron chi connectivity index (χ2n) is 6.72. The van der Waals surface area contributed by atoms with Crippen LogP contribution in [0.1, 0.15) is 19.1 Å². The number of fused-ring (bicyclic) bond motifs is 1. The van der Waals surface area contributed by atoms with Crippen molar-refractivity contribution in [2.24, 2.45) is 11.7 Å². The SMILES string of the molecule is Nc1ncnc2c1ncn2[C@@H]1O[C@H](CO)C(NC(=O)C(N)C2CC2)C1O. The largest absolute Gasteiger partial charge is 0.394 e. The number of nitrogens with one attached hydrogen (secondary N) is 1. The third kappa shape index (κ3) is 2.78. The van der Waals surface area contributed by atoms with Gasteiger partial charge >= 0.3 is 0 Å². The maximum Gasteiger partial charge on any atom is 0.237 e. The standard InChI is InChI=1S/C15H21N7O4/c16-8(6-1-2-6)14(25)21-9-7(3-23)26-15(11(9)24)22-5-20-10-12(17)18-4-19-13(10)22/h4-9,11,15,23-24H,1-3,16H2,(H,21,25)(H2,17,18,19)/t7-,8?,9?,11?,15-/m1/s1. The number of rotatable bonds is 5. The molecular formula is C15H21N7O4.